The second-order valence-electron chi connectivity index (χ2n) is 8.63. The Labute approximate surface area is 172 Å². The van der Waals surface area contributed by atoms with Gasteiger partial charge in [-0.15, -0.1) is 0 Å². The molecule has 0 saturated carbocycles. The molecular formula is C24H28N2O3. The molecule has 0 aromatic heterocycles. The monoisotopic (exact) mass is 392 g/mol. The first kappa shape index (κ1) is 19.5. The molecule has 0 radical (unpaired) electrons. The Morgan fingerprint density at radius 3 is 2.76 bits per heavy atom. The van der Waals surface area contributed by atoms with Crippen molar-refractivity contribution in [3.05, 3.63) is 65.2 Å². The summed E-state index contributed by atoms with van der Waals surface area (Å²) in [7, 11) is 1.64. The van der Waals surface area contributed by atoms with Crippen LogP contribution < -0.4 is 4.74 Å². The van der Waals surface area contributed by atoms with E-state index in [4.69, 9.17) is 4.74 Å². The Morgan fingerprint density at radius 1 is 1.17 bits per heavy atom. The van der Waals surface area contributed by atoms with Crippen molar-refractivity contribution >= 4 is 11.8 Å². The highest BCUT2D eigenvalue weighted by Gasteiger charge is 2.43. The fourth-order valence-electron chi connectivity index (χ4n) is 4.61. The zero-order chi connectivity index (χ0) is 20.6. The van der Waals surface area contributed by atoms with Crippen LogP contribution in [-0.2, 0) is 21.4 Å². The van der Waals surface area contributed by atoms with Gasteiger partial charge in [-0.25, -0.2) is 0 Å². The Bertz CT molecular complexity index is 937. The highest BCUT2D eigenvalue weighted by molar-refractivity contribution is 5.87. The molecule has 1 unspecified atom stereocenters. The molecule has 0 aliphatic carbocycles. The molecular weight excluding hydrogens is 364 g/mol. The molecule has 5 nitrogen and oxygen atoms in total. The zero-order valence-corrected chi connectivity index (χ0v) is 17.4. The quantitative estimate of drug-likeness (QED) is 0.802. The first-order valence-corrected chi connectivity index (χ1v) is 10.2. The highest BCUT2D eigenvalue weighted by atomic mass is 16.5. The zero-order valence-electron chi connectivity index (χ0n) is 17.4. The maximum Gasteiger partial charge on any atom is 0.242 e. The Morgan fingerprint density at radius 2 is 1.97 bits per heavy atom. The van der Waals surface area contributed by atoms with Crippen LogP contribution in [0.4, 0.5) is 0 Å². The Hall–Kier alpha value is -2.82. The number of methoxy groups -OCH3 is 1. The summed E-state index contributed by atoms with van der Waals surface area (Å²) in [5, 5.41) is 0. The van der Waals surface area contributed by atoms with Crippen LogP contribution in [0.1, 0.15) is 43.0 Å². The van der Waals surface area contributed by atoms with E-state index in [0.717, 1.165) is 11.3 Å². The second-order valence-corrected chi connectivity index (χ2v) is 8.63. The number of fused-ring (bicyclic) bond motifs is 3. The van der Waals surface area contributed by atoms with E-state index < -0.39 is 0 Å². The van der Waals surface area contributed by atoms with Crippen molar-refractivity contribution in [1.29, 1.82) is 0 Å². The lowest BCUT2D eigenvalue weighted by molar-refractivity contribution is -0.150. The maximum atomic E-state index is 12.9. The van der Waals surface area contributed by atoms with E-state index in [1.54, 1.807) is 12.0 Å². The van der Waals surface area contributed by atoms with Crippen molar-refractivity contribution in [3.8, 4) is 5.75 Å². The molecule has 2 aromatic rings. The average molecular weight is 392 g/mol. The minimum Gasteiger partial charge on any atom is -0.497 e. The van der Waals surface area contributed by atoms with Gasteiger partial charge in [0.05, 0.1) is 19.7 Å². The number of aryl methyl sites for hydroxylation is 1. The van der Waals surface area contributed by atoms with Gasteiger partial charge < -0.3 is 14.5 Å². The van der Waals surface area contributed by atoms with E-state index in [0.29, 0.717) is 25.9 Å². The molecule has 0 bridgehead atoms. The molecule has 2 aliphatic rings. The van der Waals surface area contributed by atoms with Gasteiger partial charge in [0, 0.05) is 24.9 Å². The number of amides is 2. The van der Waals surface area contributed by atoms with Crippen LogP contribution in [0.15, 0.2) is 48.5 Å². The number of hydrogen-bond acceptors (Lipinski definition) is 3. The number of nitrogens with zero attached hydrogens (tertiary/aromatic N) is 2. The van der Waals surface area contributed by atoms with Crippen molar-refractivity contribution in [1.82, 2.24) is 9.80 Å². The predicted octanol–water partition coefficient (Wildman–Crippen LogP) is 3.33. The molecule has 2 heterocycles. The van der Waals surface area contributed by atoms with Gasteiger partial charge in [0.2, 0.25) is 11.8 Å². The number of piperazine rings is 1. The first-order chi connectivity index (χ1) is 13.9. The molecule has 2 aromatic carbocycles. The summed E-state index contributed by atoms with van der Waals surface area (Å²) in [6, 6.07) is 16.1. The summed E-state index contributed by atoms with van der Waals surface area (Å²) in [4.78, 5) is 29.5. The molecule has 29 heavy (non-hydrogen) atoms. The molecule has 0 spiro atoms. The molecule has 1 saturated heterocycles. The number of benzene rings is 2. The molecule has 1 atom stereocenters. The van der Waals surface area contributed by atoms with Gasteiger partial charge in [-0.2, -0.15) is 0 Å². The fraction of sp³-hybridized carbons (Fsp3) is 0.417. The Kier molecular flexibility index (Phi) is 5.07. The summed E-state index contributed by atoms with van der Waals surface area (Å²) in [6.45, 7) is 5.79. The minimum atomic E-state index is -0.0820. The van der Waals surface area contributed by atoms with Crippen molar-refractivity contribution in [3.63, 3.8) is 0 Å². The Balaban J connectivity index is 1.50. The largest absolute Gasteiger partial charge is 0.497 e. The molecule has 152 valence electrons. The third-order valence-corrected chi connectivity index (χ3v) is 6.14. The summed E-state index contributed by atoms with van der Waals surface area (Å²) in [5.41, 5.74) is 3.43. The van der Waals surface area contributed by atoms with E-state index in [9.17, 15) is 9.59 Å². The van der Waals surface area contributed by atoms with Gasteiger partial charge in [-0.1, -0.05) is 50.2 Å². The third kappa shape index (κ3) is 3.74. The number of hydrogen-bond donors (Lipinski definition) is 0. The summed E-state index contributed by atoms with van der Waals surface area (Å²) in [6.07, 6.45) is 1.03. The standard InChI is InChI=1S/C24H28N2O3/c1-24(2)16-26-21(19-9-4-5-10-20(19)24)14-25(15-23(26)28)22(27)12-11-17-7-6-8-18(13-17)29-3/h4-10,13,21H,11-12,14-16H2,1-3H3. The second kappa shape index (κ2) is 7.54. The van der Waals surface area contributed by atoms with Crippen LogP contribution in [0.3, 0.4) is 0 Å². The fourth-order valence-corrected chi connectivity index (χ4v) is 4.61. The van der Waals surface area contributed by atoms with Gasteiger partial charge in [0.15, 0.2) is 0 Å². The summed E-state index contributed by atoms with van der Waals surface area (Å²) in [5.74, 6) is 0.863. The molecule has 2 aliphatic heterocycles. The van der Waals surface area contributed by atoms with Crippen molar-refractivity contribution in [2.45, 2.75) is 38.1 Å². The molecule has 1 fully saturated rings. The number of rotatable bonds is 4. The highest BCUT2D eigenvalue weighted by Crippen LogP contribution is 2.41. The molecule has 0 N–H and O–H groups in total. The van der Waals surface area contributed by atoms with Crippen LogP contribution >= 0.6 is 0 Å². The first-order valence-electron chi connectivity index (χ1n) is 10.2. The molecule has 4 rings (SSSR count). The van der Waals surface area contributed by atoms with Crippen LogP contribution in [-0.4, -0.2) is 48.4 Å². The minimum absolute atomic E-state index is 0.0307. The van der Waals surface area contributed by atoms with E-state index >= 15 is 0 Å². The van der Waals surface area contributed by atoms with Gasteiger partial charge >= 0.3 is 0 Å². The van der Waals surface area contributed by atoms with Crippen LogP contribution in [0.25, 0.3) is 0 Å². The lowest BCUT2D eigenvalue weighted by Gasteiger charge is -2.49. The SMILES string of the molecule is COc1cccc(CCC(=O)N2CC(=O)N3CC(C)(C)c4ccccc4C3C2)c1. The summed E-state index contributed by atoms with van der Waals surface area (Å²) < 4.78 is 5.26. The predicted molar refractivity (Wildman–Crippen MR) is 112 cm³/mol. The maximum absolute atomic E-state index is 12.9. The van der Waals surface area contributed by atoms with E-state index in [1.807, 2.05) is 35.2 Å². The van der Waals surface area contributed by atoms with E-state index in [-0.39, 0.29) is 29.8 Å². The van der Waals surface area contributed by atoms with Gasteiger partial charge in [0.1, 0.15) is 5.75 Å². The van der Waals surface area contributed by atoms with Crippen LogP contribution in [0, 0.1) is 0 Å². The van der Waals surface area contributed by atoms with E-state index in [2.05, 4.69) is 32.0 Å². The number of carbonyl (C=O) groups is 2. The lowest BCUT2D eigenvalue weighted by Crippen LogP contribution is -2.58. The van der Waals surface area contributed by atoms with Gasteiger partial charge in [-0.3, -0.25) is 9.59 Å². The normalized spacial score (nSPS) is 20.1. The topological polar surface area (TPSA) is 49.9 Å². The molecule has 2 amide bonds. The smallest absolute Gasteiger partial charge is 0.242 e. The number of carbonyl (C=O) groups excluding carboxylic acids is 2. The van der Waals surface area contributed by atoms with E-state index in [1.165, 1.54) is 11.1 Å². The van der Waals surface area contributed by atoms with Gasteiger partial charge in [0.25, 0.3) is 0 Å². The van der Waals surface area contributed by atoms with Crippen LogP contribution in [0.2, 0.25) is 0 Å². The average Bonchev–Trinajstić information content (AvgIpc) is 2.73. The summed E-state index contributed by atoms with van der Waals surface area (Å²) >= 11 is 0. The third-order valence-electron chi connectivity index (χ3n) is 6.14. The van der Waals surface area contributed by atoms with Crippen molar-refractivity contribution < 1.29 is 14.3 Å². The van der Waals surface area contributed by atoms with Gasteiger partial charge in [-0.05, 0) is 35.2 Å². The van der Waals surface area contributed by atoms with Crippen LogP contribution in [0.5, 0.6) is 5.75 Å². The number of ether oxygens (including phenoxy) is 1. The van der Waals surface area contributed by atoms with Crippen molar-refractivity contribution in [2.75, 3.05) is 26.7 Å². The van der Waals surface area contributed by atoms with Crippen molar-refractivity contribution in [2.24, 2.45) is 0 Å². The lowest BCUT2D eigenvalue weighted by atomic mass is 9.75. The molecule has 5 heteroatoms.